The summed E-state index contributed by atoms with van der Waals surface area (Å²) in [5.74, 6) is -5.31. The first kappa shape index (κ1) is 23.9. The van der Waals surface area contributed by atoms with Gasteiger partial charge in [0.05, 0.1) is 47.0 Å². The van der Waals surface area contributed by atoms with Crippen LogP contribution >= 0.6 is 0 Å². The summed E-state index contributed by atoms with van der Waals surface area (Å²) < 4.78 is 0. The molecule has 0 fully saturated rings. The molecule has 5 rings (SSSR count). The summed E-state index contributed by atoms with van der Waals surface area (Å²) in [4.78, 5) is 47.1. The Morgan fingerprint density at radius 3 is 0.868 bits per heavy atom. The largest absolute Gasteiger partial charge is 0.478 e. The van der Waals surface area contributed by atoms with E-state index in [0.29, 0.717) is 32.7 Å². The summed E-state index contributed by atoms with van der Waals surface area (Å²) in [6, 6.07) is 7.34. The molecule has 0 aliphatic carbocycles. The van der Waals surface area contributed by atoms with Crippen LogP contribution in [0.2, 0.25) is 0 Å². The lowest BCUT2D eigenvalue weighted by Crippen LogP contribution is -2.04. The van der Waals surface area contributed by atoms with Gasteiger partial charge < -0.3 is 20.4 Å². The Labute approximate surface area is 211 Å². The van der Waals surface area contributed by atoms with Crippen molar-refractivity contribution in [1.29, 1.82) is 0 Å². The van der Waals surface area contributed by atoms with E-state index in [9.17, 15) is 39.6 Å². The maximum absolute atomic E-state index is 11.8. The van der Waals surface area contributed by atoms with E-state index < -0.39 is 23.9 Å². The van der Waals surface area contributed by atoms with Gasteiger partial charge in [-0.2, -0.15) is 20.4 Å². The molecule has 0 aliphatic rings. The van der Waals surface area contributed by atoms with Gasteiger partial charge in [0.15, 0.2) is 0 Å². The smallest absolute Gasteiger partial charge is 0.335 e. The molecule has 4 N–H and O–H groups in total. The molecule has 0 saturated heterocycles. The minimum absolute atomic E-state index is 0.246. The molecule has 0 unspecified atom stereocenters. The topological polar surface area (TPSA) is 201 Å². The number of fused-ring (bicyclic) bond motifs is 2. The number of carboxylic acids is 4. The quantitative estimate of drug-likeness (QED) is 0.242. The second-order valence-corrected chi connectivity index (χ2v) is 8.20. The van der Waals surface area contributed by atoms with Crippen molar-refractivity contribution < 1.29 is 39.6 Å². The van der Waals surface area contributed by atoms with Crippen LogP contribution in [0.25, 0.3) is 43.8 Å². The number of nitrogens with zero attached hydrogens (tertiary/aromatic N) is 4. The standard InChI is InChI=1S/C26H14N4O8/c31-23(32)13-1-11(2-14(5-13)24(33)34)21-17-7-27-29-9-19(17)22(20-10-30-28-8-18(20)21)12-3-15(25(35)36)6-16(4-12)26(37)38/h1-10H,(H,31,32)(H,33,34)(H,35,36)(H,37,38). The highest BCUT2D eigenvalue weighted by atomic mass is 16.4. The van der Waals surface area contributed by atoms with Crippen molar-refractivity contribution in [3.05, 3.63) is 83.4 Å². The molecule has 12 heteroatoms. The first-order valence-electron chi connectivity index (χ1n) is 10.8. The number of hydrogen-bond acceptors (Lipinski definition) is 8. The molecule has 2 aromatic heterocycles. The van der Waals surface area contributed by atoms with Crippen LogP contribution in [0, 0.1) is 0 Å². The molecule has 186 valence electrons. The molecule has 3 aromatic carbocycles. The molecule has 0 aliphatic heterocycles. The number of benzene rings is 3. The van der Waals surface area contributed by atoms with Gasteiger partial charge >= 0.3 is 23.9 Å². The lowest BCUT2D eigenvalue weighted by Gasteiger charge is -2.17. The Morgan fingerprint density at radius 1 is 0.421 bits per heavy atom. The second kappa shape index (κ2) is 9.02. The van der Waals surface area contributed by atoms with Crippen molar-refractivity contribution in [2.45, 2.75) is 0 Å². The summed E-state index contributed by atoms with van der Waals surface area (Å²) in [5, 5.41) is 55.8. The monoisotopic (exact) mass is 510 g/mol. The molecule has 0 saturated carbocycles. The zero-order valence-electron chi connectivity index (χ0n) is 19.0. The summed E-state index contributed by atoms with van der Waals surface area (Å²) in [6.07, 6.45) is 5.56. The van der Waals surface area contributed by atoms with Gasteiger partial charge in [-0.3, -0.25) is 0 Å². The first-order chi connectivity index (χ1) is 18.2. The lowest BCUT2D eigenvalue weighted by molar-refractivity contribution is 0.0676. The average molecular weight is 510 g/mol. The SMILES string of the molecule is O=C(O)c1cc(C(=O)O)cc(-c2c3cnncc3c(-c3cc(C(=O)O)cc(C(=O)O)c3)c3cnncc23)c1. The molecule has 0 bridgehead atoms. The number of rotatable bonds is 6. The summed E-state index contributed by atoms with van der Waals surface area (Å²) in [5.41, 5.74) is 0.253. The van der Waals surface area contributed by atoms with Crippen molar-refractivity contribution in [2.75, 3.05) is 0 Å². The minimum Gasteiger partial charge on any atom is -0.478 e. The predicted octanol–water partition coefficient (Wildman–Crippen LogP) is 3.70. The van der Waals surface area contributed by atoms with Crippen molar-refractivity contribution in [3.8, 4) is 22.3 Å². The van der Waals surface area contributed by atoms with E-state index in [1.54, 1.807) is 0 Å². The molecule has 0 atom stereocenters. The van der Waals surface area contributed by atoms with Gasteiger partial charge in [0.2, 0.25) is 0 Å². The van der Waals surface area contributed by atoms with Gasteiger partial charge in [0.1, 0.15) is 0 Å². The number of carboxylic acid groups (broad SMARTS) is 4. The number of aromatic nitrogens is 4. The predicted molar refractivity (Wildman–Crippen MR) is 131 cm³/mol. The molecular formula is C26H14N4O8. The van der Waals surface area contributed by atoms with Crippen LogP contribution in [-0.2, 0) is 0 Å². The average Bonchev–Trinajstić information content (AvgIpc) is 2.90. The van der Waals surface area contributed by atoms with Gasteiger partial charge in [-0.05, 0) is 47.5 Å². The Morgan fingerprint density at radius 2 is 0.658 bits per heavy atom. The number of carbonyl (C=O) groups is 4. The maximum Gasteiger partial charge on any atom is 0.335 e. The third-order valence-corrected chi connectivity index (χ3v) is 5.97. The fourth-order valence-corrected chi connectivity index (χ4v) is 4.39. The van der Waals surface area contributed by atoms with E-state index in [-0.39, 0.29) is 33.4 Å². The Bertz CT molecular complexity index is 1600. The molecule has 0 radical (unpaired) electrons. The van der Waals surface area contributed by atoms with E-state index in [0.717, 1.165) is 12.1 Å². The first-order valence-corrected chi connectivity index (χ1v) is 10.8. The minimum atomic E-state index is -1.33. The fourth-order valence-electron chi connectivity index (χ4n) is 4.39. The van der Waals surface area contributed by atoms with Crippen molar-refractivity contribution in [2.24, 2.45) is 0 Å². The van der Waals surface area contributed by atoms with Crippen LogP contribution in [0.3, 0.4) is 0 Å². The van der Waals surface area contributed by atoms with E-state index in [1.165, 1.54) is 49.1 Å². The Hall–Kier alpha value is -5.78. The van der Waals surface area contributed by atoms with Gasteiger partial charge in [0, 0.05) is 32.7 Å². The highest BCUT2D eigenvalue weighted by Gasteiger charge is 2.22. The van der Waals surface area contributed by atoms with Crippen LogP contribution in [0.4, 0.5) is 0 Å². The van der Waals surface area contributed by atoms with Crippen molar-refractivity contribution in [1.82, 2.24) is 20.4 Å². The molecule has 12 nitrogen and oxygen atoms in total. The zero-order valence-corrected chi connectivity index (χ0v) is 19.0. The lowest BCUT2D eigenvalue weighted by atomic mass is 9.86. The number of aromatic carboxylic acids is 4. The third-order valence-electron chi connectivity index (χ3n) is 5.97. The fraction of sp³-hybridized carbons (Fsp3) is 0. The van der Waals surface area contributed by atoms with Gasteiger partial charge in [-0.1, -0.05) is 0 Å². The molecular weight excluding hydrogens is 496 g/mol. The molecule has 2 heterocycles. The zero-order chi connectivity index (χ0) is 27.1. The van der Waals surface area contributed by atoms with Crippen LogP contribution in [0.5, 0.6) is 0 Å². The number of hydrogen-bond donors (Lipinski definition) is 4. The normalized spacial score (nSPS) is 10.9. The van der Waals surface area contributed by atoms with Crippen LogP contribution in [-0.4, -0.2) is 64.7 Å². The second-order valence-electron chi connectivity index (χ2n) is 8.20. The van der Waals surface area contributed by atoms with Gasteiger partial charge in [0.25, 0.3) is 0 Å². The van der Waals surface area contributed by atoms with Gasteiger partial charge in [-0.25, -0.2) is 19.2 Å². The van der Waals surface area contributed by atoms with E-state index in [4.69, 9.17) is 0 Å². The van der Waals surface area contributed by atoms with Crippen LogP contribution in [0.15, 0.2) is 61.2 Å². The Kier molecular flexibility index (Phi) is 5.68. The highest BCUT2D eigenvalue weighted by molar-refractivity contribution is 6.21. The third kappa shape index (κ3) is 4.01. The molecule has 5 aromatic rings. The van der Waals surface area contributed by atoms with E-state index in [1.807, 2.05) is 0 Å². The van der Waals surface area contributed by atoms with E-state index in [2.05, 4.69) is 20.4 Å². The Balaban J connectivity index is 1.96. The summed E-state index contributed by atoms with van der Waals surface area (Å²) >= 11 is 0. The van der Waals surface area contributed by atoms with E-state index >= 15 is 0 Å². The van der Waals surface area contributed by atoms with Crippen molar-refractivity contribution >= 4 is 45.4 Å². The van der Waals surface area contributed by atoms with Crippen LogP contribution in [0.1, 0.15) is 41.4 Å². The molecule has 0 spiro atoms. The van der Waals surface area contributed by atoms with Gasteiger partial charge in [-0.15, -0.1) is 0 Å². The van der Waals surface area contributed by atoms with Crippen molar-refractivity contribution in [3.63, 3.8) is 0 Å². The molecule has 0 amide bonds. The van der Waals surface area contributed by atoms with Crippen LogP contribution < -0.4 is 0 Å². The summed E-state index contributed by atoms with van der Waals surface area (Å²) in [7, 11) is 0. The molecule has 38 heavy (non-hydrogen) atoms. The maximum atomic E-state index is 11.8. The highest BCUT2D eigenvalue weighted by Crippen LogP contribution is 2.43. The summed E-state index contributed by atoms with van der Waals surface area (Å²) in [6.45, 7) is 0.